The van der Waals surface area contributed by atoms with Crippen LogP contribution < -0.4 is 5.32 Å². The topological polar surface area (TPSA) is 24.5 Å². The Kier molecular flexibility index (Phi) is 4.20. The number of nitrogens with one attached hydrogen (secondary N) is 1. The zero-order chi connectivity index (χ0) is 12.3. The molecule has 1 aliphatic rings. The van der Waals surface area contributed by atoms with Crippen molar-refractivity contribution in [3.8, 4) is 0 Å². The first kappa shape index (κ1) is 12.6. The molecule has 17 heavy (non-hydrogen) atoms. The zero-order valence-corrected chi connectivity index (χ0v) is 10.5. The van der Waals surface area contributed by atoms with Crippen molar-refractivity contribution >= 4 is 17.3 Å². The van der Waals surface area contributed by atoms with E-state index in [0.717, 1.165) is 19.7 Å². The van der Waals surface area contributed by atoms with Gasteiger partial charge in [-0.1, -0.05) is 11.6 Å². The quantitative estimate of drug-likeness (QED) is 0.900. The first-order chi connectivity index (χ1) is 8.15. The van der Waals surface area contributed by atoms with Crippen LogP contribution in [0.5, 0.6) is 0 Å². The third-order valence-corrected chi connectivity index (χ3v) is 3.12. The van der Waals surface area contributed by atoms with E-state index in [1.54, 1.807) is 6.07 Å². The lowest BCUT2D eigenvalue weighted by atomic mass is 10.2. The first-order valence-electron chi connectivity index (χ1n) is 5.64. The minimum Gasteiger partial charge on any atom is -0.381 e. The van der Waals surface area contributed by atoms with Gasteiger partial charge in [0.15, 0.2) is 0 Å². The summed E-state index contributed by atoms with van der Waals surface area (Å²) in [4.78, 5) is 2.21. The molecule has 94 valence electrons. The van der Waals surface area contributed by atoms with Crippen molar-refractivity contribution in [3.05, 3.63) is 29.0 Å². The second-order valence-electron chi connectivity index (χ2n) is 4.26. The van der Waals surface area contributed by atoms with Crippen LogP contribution in [0.25, 0.3) is 0 Å². The molecule has 0 radical (unpaired) electrons. The van der Waals surface area contributed by atoms with E-state index in [0.29, 0.717) is 17.3 Å². The molecule has 1 aromatic rings. The summed E-state index contributed by atoms with van der Waals surface area (Å²) in [6.07, 6.45) is 0.119. The fourth-order valence-corrected chi connectivity index (χ4v) is 2.03. The van der Waals surface area contributed by atoms with Crippen molar-refractivity contribution < 1.29 is 9.13 Å². The van der Waals surface area contributed by atoms with Crippen LogP contribution in [0.1, 0.15) is 0 Å². The average molecular weight is 259 g/mol. The van der Waals surface area contributed by atoms with Crippen molar-refractivity contribution in [1.82, 2.24) is 4.90 Å². The van der Waals surface area contributed by atoms with Crippen LogP contribution in [0, 0.1) is 5.82 Å². The molecule has 1 N–H and O–H groups in total. The number of likely N-dealkylation sites (N-methyl/N-ethyl adjacent to an activating group) is 1. The van der Waals surface area contributed by atoms with Crippen molar-refractivity contribution in [2.75, 3.05) is 38.6 Å². The Morgan fingerprint density at radius 3 is 3.18 bits per heavy atom. The Labute approximate surface area is 106 Å². The van der Waals surface area contributed by atoms with E-state index in [2.05, 4.69) is 17.3 Å². The normalized spacial score (nSPS) is 21.5. The van der Waals surface area contributed by atoms with Crippen LogP contribution in [0.2, 0.25) is 5.02 Å². The Morgan fingerprint density at radius 1 is 1.59 bits per heavy atom. The highest BCUT2D eigenvalue weighted by molar-refractivity contribution is 6.33. The highest BCUT2D eigenvalue weighted by Gasteiger charge is 2.17. The molecule has 5 heteroatoms. The van der Waals surface area contributed by atoms with Crippen LogP contribution in [-0.4, -0.2) is 44.3 Å². The standard InChI is InChI=1S/C12H16ClFN2O/c1-16-4-5-17-10(8-16)7-15-12-6-9(14)2-3-11(12)13/h2-3,6,10,15H,4-5,7-8H2,1H3. The Hall–Kier alpha value is -0.840. The second-order valence-corrected chi connectivity index (χ2v) is 4.67. The molecule has 0 saturated carbocycles. The SMILES string of the molecule is CN1CCOC(CNc2cc(F)ccc2Cl)C1. The Bertz CT molecular complexity index is 389. The molecule has 1 saturated heterocycles. The Balaban J connectivity index is 1.90. The molecule has 1 heterocycles. The number of morpholine rings is 1. The van der Waals surface area contributed by atoms with Crippen LogP contribution in [0.15, 0.2) is 18.2 Å². The smallest absolute Gasteiger partial charge is 0.125 e. The first-order valence-corrected chi connectivity index (χ1v) is 6.02. The number of benzene rings is 1. The van der Waals surface area contributed by atoms with Crippen LogP contribution in [-0.2, 0) is 4.74 Å². The van der Waals surface area contributed by atoms with Gasteiger partial charge in [0.25, 0.3) is 0 Å². The van der Waals surface area contributed by atoms with Crippen molar-refractivity contribution in [3.63, 3.8) is 0 Å². The van der Waals surface area contributed by atoms with Crippen molar-refractivity contribution in [2.24, 2.45) is 0 Å². The largest absolute Gasteiger partial charge is 0.381 e. The molecule has 1 unspecified atom stereocenters. The highest BCUT2D eigenvalue weighted by Crippen LogP contribution is 2.22. The predicted molar refractivity (Wildman–Crippen MR) is 67.1 cm³/mol. The lowest BCUT2D eigenvalue weighted by Crippen LogP contribution is -2.43. The molecular formula is C12H16ClFN2O. The van der Waals surface area contributed by atoms with Crippen LogP contribution in [0.3, 0.4) is 0 Å². The number of anilines is 1. The van der Waals surface area contributed by atoms with E-state index in [9.17, 15) is 4.39 Å². The summed E-state index contributed by atoms with van der Waals surface area (Å²) in [6.45, 7) is 3.20. The fourth-order valence-electron chi connectivity index (χ4n) is 1.85. The molecule has 1 fully saturated rings. The number of hydrogen-bond donors (Lipinski definition) is 1. The zero-order valence-electron chi connectivity index (χ0n) is 9.75. The minimum absolute atomic E-state index is 0.119. The molecule has 3 nitrogen and oxygen atoms in total. The van der Waals surface area contributed by atoms with Crippen molar-refractivity contribution in [2.45, 2.75) is 6.10 Å². The summed E-state index contributed by atoms with van der Waals surface area (Å²) in [5.74, 6) is -0.293. The van der Waals surface area contributed by atoms with E-state index in [1.165, 1.54) is 12.1 Å². The maximum Gasteiger partial charge on any atom is 0.125 e. The molecule has 1 aromatic carbocycles. The lowest BCUT2D eigenvalue weighted by molar-refractivity contribution is -0.0117. The summed E-state index contributed by atoms with van der Waals surface area (Å²) < 4.78 is 18.6. The second kappa shape index (κ2) is 5.67. The van der Waals surface area contributed by atoms with Gasteiger partial charge in [-0.2, -0.15) is 0 Å². The average Bonchev–Trinajstić information content (AvgIpc) is 2.30. The summed E-state index contributed by atoms with van der Waals surface area (Å²) >= 11 is 5.96. The van der Waals surface area contributed by atoms with E-state index < -0.39 is 0 Å². The third-order valence-electron chi connectivity index (χ3n) is 2.79. The molecule has 2 rings (SSSR count). The van der Waals surface area contributed by atoms with Gasteiger partial charge in [-0.25, -0.2) is 4.39 Å². The molecule has 1 atom stereocenters. The van der Waals surface area contributed by atoms with Crippen LogP contribution >= 0.6 is 11.6 Å². The molecule has 0 bridgehead atoms. The molecule has 0 aromatic heterocycles. The van der Waals surface area contributed by atoms with Gasteiger partial charge in [0.05, 0.1) is 23.4 Å². The van der Waals surface area contributed by atoms with E-state index >= 15 is 0 Å². The number of nitrogens with zero attached hydrogens (tertiary/aromatic N) is 1. The summed E-state index contributed by atoms with van der Waals surface area (Å²) in [6, 6.07) is 4.29. The molecule has 0 amide bonds. The molecule has 0 spiro atoms. The Morgan fingerprint density at radius 2 is 2.41 bits per heavy atom. The maximum absolute atomic E-state index is 13.0. The summed E-state index contributed by atoms with van der Waals surface area (Å²) in [5.41, 5.74) is 0.614. The number of ether oxygens (including phenoxy) is 1. The van der Waals surface area contributed by atoms with Gasteiger partial charge in [0, 0.05) is 19.6 Å². The van der Waals surface area contributed by atoms with Crippen LogP contribution in [0.4, 0.5) is 10.1 Å². The minimum atomic E-state index is -0.293. The number of hydrogen-bond acceptors (Lipinski definition) is 3. The van der Waals surface area contributed by atoms with Gasteiger partial charge in [-0.3, -0.25) is 0 Å². The van der Waals surface area contributed by atoms with Gasteiger partial charge in [0.2, 0.25) is 0 Å². The van der Waals surface area contributed by atoms with Gasteiger partial charge >= 0.3 is 0 Å². The van der Waals surface area contributed by atoms with Gasteiger partial charge in [0.1, 0.15) is 5.82 Å². The van der Waals surface area contributed by atoms with Gasteiger partial charge in [-0.05, 0) is 25.2 Å². The molecule has 1 aliphatic heterocycles. The maximum atomic E-state index is 13.0. The monoisotopic (exact) mass is 258 g/mol. The van der Waals surface area contributed by atoms with E-state index in [-0.39, 0.29) is 11.9 Å². The summed E-state index contributed by atoms with van der Waals surface area (Å²) in [5, 5.41) is 3.64. The molecule has 0 aliphatic carbocycles. The lowest BCUT2D eigenvalue weighted by Gasteiger charge is -2.30. The third kappa shape index (κ3) is 3.56. The van der Waals surface area contributed by atoms with Gasteiger partial charge < -0.3 is 15.0 Å². The number of halogens is 2. The van der Waals surface area contributed by atoms with E-state index in [4.69, 9.17) is 16.3 Å². The summed E-state index contributed by atoms with van der Waals surface area (Å²) in [7, 11) is 2.06. The molecular weight excluding hydrogens is 243 g/mol. The highest BCUT2D eigenvalue weighted by atomic mass is 35.5. The van der Waals surface area contributed by atoms with Crippen molar-refractivity contribution in [1.29, 1.82) is 0 Å². The predicted octanol–water partition coefficient (Wildman–Crippen LogP) is 2.22. The number of rotatable bonds is 3. The van der Waals surface area contributed by atoms with E-state index in [1.807, 2.05) is 0 Å². The fraction of sp³-hybridized carbons (Fsp3) is 0.500. The van der Waals surface area contributed by atoms with Gasteiger partial charge in [-0.15, -0.1) is 0 Å².